The molecule has 0 aliphatic carbocycles. The van der Waals surface area contributed by atoms with E-state index in [1.54, 1.807) is 0 Å². The Morgan fingerprint density at radius 1 is 0.839 bits per heavy atom. The van der Waals surface area contributed by atoms with Gasteiger partial charge in [-0.3, -0.25) is 24.0 Å². The van der Waals surface area contributed by atoms with Crippen molar-refractivity contribution in [2.45, 2.75) is 83.8 Å². The molecule has 0 spiro atoms. The van der Waals surface area contributed by atoms with Gasteiger partial charge in [0.2, 0.25) is 23.6 Å². The highest BCUT2D eigenvalue weighted by Gasteiger charge is 2.25. The van der Waals surface area contributed by atoms with Gasteiger partial charge in [-0.25, -0.2) is 0 Å². The summed E-state index contributed by atoms with van der Waals surface area (Å²) in [5.74, 6) is -2.77. The van der Waals surface area contributed by atoms with E-state index in [1.807, 2.05) is 0 Å². The summed E-state index contributed by atoms with van der Waals surface area (Å²) >= 11 is 0. The number of aliphatic carboxylic acids is 1. The van der Waals surface area contributed by atoms with Gasteiger partial charge in [-0.15, -0.1) is 0 Å². The Morgan fingerprint density at radius 2 is 1.48 bits per heavy atom. The lowest BCUT2D eigenvalue weighted by molar-refractivity contribution is -0.141. The molecule has 0 rings (SSSR count). The van der Waals surface area contributed by atoms with Crippen LogP contribution in [0.1, 0.15) is 65.7 Å². The third kappa shape index (κ3) is 14.0. The van der Waals surface area contributed by atoms with Gasteiger partial charge in [-0.1, -0.05) is 6.42 Å². The standard InChI is InChI=1S/C20H37N5O6/c1-13(18(28)24-14(2)20(30)31)23-19(29)16(9-6-8-12-22-15(3)26)25-17(27)10-5-4-7-11-21/h13-14,16H,4-12,21H2,1-3H3,(H,22,26)(H,23,29)(H,24,28)(H,25,27)(H,30,31)/t13-,14-,16+/m1/s1. The molecule has 3 atom stereocenters. The molecule has 31 heavy (non-hydrogen) atoms. The van der Waals surface area contributed by atoms with Crippen LogP contribution >= 0.6 is 0 Å². The van der Waals surface area contributed by atoms with Crippen LogP contribution < -0.4 is 27.0 Å². The number of nitrogens with two attached hydrogens (primary N) is 1. The van der Waals surface area contributed by atoms with Crippen LogP contribution in [0.25, 0.3) is 0 Å². The molecule has 0 aliphatic rings. The fourth-order valence-corrected chi connectivity index (χ4v) is 2.66. The quantitative estimate of drug-likeness (QED) is 0.172. The number of nitrogens with one attached hydrogen (secondary N) is 4. The van der Waals surface area contributed by atoms with Gasteiger partial charge in [0.15, 0.2) is 0 Å². The molecule has 0 fully saturated rings. The lowest BCUT2D eigenvalue weighted by Crippen LogP contribution is -2.54. The maximum absolute atomic E-state index is 12.7. The summed E-state index contributed by atoms with van der Waals surface area (Å²) in [7, 11) is 0. The van der Waals surface area contributed by atoms with Gasteiger partial charge in [0.25, 0.3) is 0 Å². The first-order chi connectivity index (χ1) is 14.6. The van der Waals surface area contributed by atoms with Crippen LogP contribution in [-0.4, -0.2) is 65.9 Å². The highest BCUT2D eigenvalue weighted by molar-refractivity contribution is 5.93. The monoisotopic (exact) mass is 443 g/mol. The number of amides is 4. The van der Waals surface area contributed by atoms with E-state index < -0.39 is 35.9 Å². The van der Waals surface area contributed by atoms with E-state index in [2.05, 4.69) is 21.3 Å². The molecule has 0 aliphatic heterocycles. The largest absolute Gasteiger partial charge is 0.480 e. The number of carboxylic acids is 1. The van der Waals surface area contributed by atoms with Gasteiger partial charge in [0.05, 0.1) is 0 Å². The summed E-state index contributed by atoms with van der Waals surface area (Å²) in [6.45, 7) is 5.19. The van der Waals surface area contributed by atoms with Crippen LogP contribution in [-0.2, 0) is 24.0 Å². The predicted molar refractivity (Wildman–Crippen MR) is 115 cm³/mol. The third-order valence-corrected chi connectivity index (χ3v) is 4.53. The van der Waals surface area contributed by atoms with Crippen molar-refractivity contribution in [3.63, 3.8) is 0 Å². The van der Waals surface area contributed by atoms with Crippen molar-refractivity contribution >= 4 is 29.6 Å². The van der Waals surface area contributed by atoms with Crippen molar-refractivity contribution in [2.75, 3.05) is 13.1 Å². The molecule has 11 nitrogen and oxygen atoms in total. The average Bonchev–Trinajstić information content (AvgIpc) is 2.69. The molecule has 0 aromatic heterocycles. The van der Waals surface area contributed by atoms with Crippen LogP contribution in [0.3, 0.4) is 0 Å². The van der Waals surface area contributed by atoms with Gasteiger partial charge >= 0.3 is 5.97 Å². The Bertz CT molecular complexity index is 613. The number of rotatable bonds is 16. The van der Waals surface area contributed by atoms with Crippen molar-refractivity contribution in [3.05, 3.63) is 0 Å². The molecule has 0 saturated carbocycles. The smallest absolute Gasteiger partial charge is 0.325 e. The van der Waals surface area contributed by atoms with Crippen LogP contribution in [0.15, 0.2) is 0 Å². The minimum Gasteiger partial charge on any atom is -0.480 e. The molecule has 0 unspecified atom stereocenters. The minimum absolute atomic E-state index is 0.143. The highest BCUT2D eigenvalue weighted by Crippen LogP contribution is 2.05. The molecule has 0 heterocycles. The van der Waals surface area contributed by atoms with E-state index in [9.17, 15) is 24.0 Å². The van der Waals surface area contributed by atoms with E-state index >= 15 is 0 Å². The second-order valence-corrected chi connectivity index (χ2v) is 7.50. The van der Waals surface area contributed by atoms with Crippen LogP contribution in [0, 0.1) is 0 Å². The Hall–Kier alpha value is -2.69. The number of hydrogen-bond acceptors (Lipinski definition) is 6. The summed E-state index contributed by atoms with van der Waals surface area (Å²) in [4.78, 5) is 58.7. The number of carbonyl (C=O) groups excluding carboxylic acids is 4. The maximum Gasteiger partial charge on any atom is 0.325 e. The van der Waals surface area contributed by atoms with Gasteiger partial charge in [0, 0.05) is 19.9 Å². The number of hydrogen-bond donors (Lipinski definition) is 6. The molecule has 0 aromatic rings. The fourth-order valence-electron chi connectivity index (χ4n) is 2.66. The molecular weight excluding hydrogens is 406 g/mol. The molecule has 0 bridgehead atoms. The van der Waals surface area contributed by atoms with Gasteiger partial charge in [0.1, 0.15) is 18.1 Å². The van der Waals surface area contributed by atoms with E-state index in [0.717, 1.165) is 12.8 Å². The molecule has 4 amide bonds. The van der Waals surface area contributed by atoms with Crippen molar-refractivity contribution in [2.24, 2.45) is 5.73 Å². The second-order valence-electron chi connectivity index (χ2n) is 7.50. The highest BCUT2D eigenvalue weighted by atomic mass is 16.4. The fraction of sp³-hybridized carbons (Fsp3) is 0.750. The predicted octanol–water partition coefficient (Wildman–Crippen LogP) is -0.609. The zero-order valence-corrected chi connectivity index (χ0v) is 18.7. The minimum atomic E-state index is -1.19. The maximum atomic E-state index is 12.7. The first-order valence-electron chi connectivity index (χ1n) is 10.7. The molecule has 0 aromatic carbocycles. The van der Waals surface area contributed by atoms with E-state index in [1.165, 1.54) is 20.8 Å². The second kappa shape index (κ2) is 16.1. The molecule has 11 heteroatoms. The first kappa shape index (κ1) is 28.3. The summed E-state index contributed by atoms with van der Waals surface area (Å²) in [6.07, 6.45) is 4.09. The lowest BCUT2D eigenvalue weighted by atomic mass is 10.1. The normalized spacial score (nSPS) is 13.4. The average molecular weight is 444 g/mol. The Morgan fingerprint density at radius 3 is 2.06 bits per heavy atom. The van der Waals surface area contributed by atoms with E-state index in [-0.39, 0.29) is 18.2 Å². The van der Waals surface area contributed by atoms with Crippen LogP contribution in [0.2, 0.25) is 0 Å². The SMILES string of the molecule is CC(=O)NCCCC[C@H](NC(=O)CCCCCN)C(=O)N[C@H](C)C(=O)N[C@H](C)C(=O)O. The van der Waals surface area contributed by atoms with Gasteiger partial charge in [-0.05, 0) is 52.5 Å². The summed E-state index contributed by atoms with van der Waals surface area (Å²) in [5, 5.41) is 19.0. The zero-order chi connectivity index (χ0) is 23.8. The van der Waals surface area contributed by atoms with Crippen LogP contribution in [0.5, 0.6) is 0 Å². The van der Waals surface area contributed by atoms with Crippen LogP contribution in [0.4, 0.5) is 0 Å². The van der Waals surface area contributed by atoms with Crippen molar-refractivity contribution in [3.8, 4) is 0 Å². The number of carboxylic acid groups (broad SMARTS) is 1. The number of unbranched alkanes of at least 4 members (excludes halogenated alkanes) is 3. The number of carbonyl (C=O) groups is 5. The Balaban J connectivity index is 4.80. The summed E-state index contributed by atoms with van der Waals surface area (Å²) < 4.78 is 0. The summed E-state index contributed by atoms with van der Waals surface area (Å²) in [6, 6.07) is -2.91. The third-order valence-electron chi connectivity index (χ3n) is 4.53. The van der Waals surface area contributed by atoms with Gasteiger partial charge in [-0.2, -0.15) is 0 Å². The Kier molecular flexibility index (Phi) is 14.7. The van der Waals surface area contributed by atoms with Crippen molar-refractivity contribution < 1.29 is 29.1 Å². The van der Waals surface area contributed by atoms with Crippen molar-refractivity contribution in [1.29, 1.82) is 0 Å². The molecule has 178 valence electrons. The van der Waals surface area contributed by atoms with E-state index in [0.29, 0.717) is 38.8 Å². The molecular formula is C20H37N5O6. The molecule has 0 radical (unpaired) electrons. The van der Waals surface area contributed by atoms with E-state index in [4.69, 9.17) is 10.8 Å². The van der Waals surface area contributed by atoms with Crippen molar-refractivity contribution in [1.82, 2.24) is 21.3 Å². The molecule has 7 N–H and O–H groups in total. The Labute approximate surface area is 183 Å². The first-order valence-corrected chi connectivity index (χ1v) is 10.7. The zero-order valence-electron chi connectivity index (χ0n) is 18.7. The topological polar surface area (TPSA) is 180 Å². The summed E-state index contributed by atoms with van der Waals surface area (Å²) in [5.41, 5.74) is 5.44. The molecule has 0 saturated heterocycles. The lowest BCUT2D eigenvalue weighted by Gasteiger charge is -2.22. The van der Waals surface area contributed by atoms with Gasteiger partial charge < -0.3 is 32.1 Å².